The van der Waals surface area contributed by atoms with Gasteiger partial charge in [-0.3, -0.25) is 0 Å². The second-order valence-corrected chi connectivity index (χ2v) is 5.53. The van der Waals surface area contributed by atoms with Gasteiger partial charge in [-0.2, -0.15) is 0 Å². The summed E-state index contributed by atoms with van der Waals surface area (Å²) in [4.78, 5) is 10.9. The van der Waals surface area contributed by atoms with E-state index in [9.17, 15) is 0 Å². The Hall–Kier alpha value is -1.16. The molecule has 1 unspecified atom stereocenters. The normalized spacial score (nSPS) is 20.4. The minimum atomic E-state index is 0.571. The predicted molar refractivity (Wildman–Crippen MR) is 74.8 cm³/mol. The van der Waals surface area contributed by atoms with E-state index in [1.54, 1.807) is 6.33 Å². The van der Waals surface area contributed by atoms with Crippen molar-refractivity contribution in [3.8, 4) is 0 Å². The third kappa shape index (κ3) is 3.67. The van der Waals surface area contributed by atoms with E-state index in [0.29, 0.717) is 6.04 Å². The third-order valence-electron chi connectivity index (χ3n) is 3.45. The van der Waals surface area contributed by atoms with E-state index < -0.39 is 0 Å². The molecule has 1 aromatic heterocycles. The van der Waals surface area contributed by atoms with Crippen molar-refractivity contribution in [1.29, 1.82) is 0 Å². The molecule has 0 radical (unpaired) electrons. The number of piperidine rings is 1. The zero-order chi connectivity index (χ0) is 13.0. The van der Waals surface area contributed by atoms with E-state index in [1.807, 2.05) is 6.92 Å². The van der Waals surface area contributed by atoms with Crippen molar-refractivity contribution in [2.24, 2.45) is 5.92 Å². The van der Waals surface area contributed by atoms with Crippen LogP contribution in [0, 0.1) is 12.8 Å². The van der Waals surface area contributed by atoms with Crippen molar-refractivity contribution in [1.82, 2.24) is 15.3 Å². The van der Waals surface area contributed by atoms with Gasteiger partial charge in [-0.05, 0) is 32.2 Å². The van der Waals surface area contributed by atoms with Crippen molar-refractivity contribution < 1.29 is 0 Å². The van der Waals surface area contributed by atoms with Crippen molar-refractivity contribution in [2.45, 2.75) is 39.7 Å². The smallest absolute Gasteiger partial charge is 0.132 e. The molecule has 0 aromatic carbocycles. The summed E-state index contributed by atoms with van der Waals surface area (Å²) in [5, 5.41) is 3.54. The number of aromatic nitrogens is 2. The highest BCUT2D eigenvalue weighted by atomic mass is 15.2. The molecule has 2 heterocycles. The van der Waals surface area contributed by atoms with Crippen molar-refractivity contribution in [3.05, 3.63) is 18.1 Å². The minimum absolute atomic E-state index is 0.571. The van der Waals surface area contributed by atoms with Crippen LogP contribution in [0.5, 0.6) is 0 Å². The van der Waals surface area contributed by atoms with Crippen molar-refractivity contribution in [3.63, 3.8) is 0 Å². The van der Waals surface area contributed by atoms with Crippen LogP contribution in [0.25, 0.3) is 0 Å². The van der Waals surface area contributed by atoms with Gasteiger partial charge in [-0.1, -0.05) is 13.8 Å². The Balaban J connectivity index is 1.94. The summed E-state index contributed by atoms with van der Waals surface area (Å²) in [5.74, 6) is 1.81. The van der Waals surface area contributed by atoms with Gasteiger partial charge in [0.15, 0.2) is 0 Å². The number of nitrogens with zero attached hydrogens (tertiary/aromatic N) is 3. The summed E-state index contributed by atoms with van der Waals surface area (Å²) < 4.78 is 0. The average Bonchev–Trinajstić information content (AvgIpc) is 2.37. The van der Waals surface area contributed by atoms with Gasteiger partial charge in [0.2, 0.25) is 0 Å². The van der Waals surface area contributed by atoms with Crippen LogP contribution in [0.15, 0.2) is 12.4 Å². The van der Waals surface area contributed by atoms with E-state index in [4.69, 9.17) is 0 Å². The van der Waals surface area contributed by atoms with Gasteiger partial charge in [0.1, 0.15) is 12.1 Å². The van der Waals surface area contributed by atoms with E-state index in [0.717, 1.165) is 37.1 Å². The summed E-state index contributed by atoms with van der Waals surface area (Å²) in [6, 6.07) is 2.65. The molecule has 2 rings (SSSR count). The Bertz CT molecular complexity index is 378. The molecule has 4 heteroatoms. The van der Waals surface area contributed by atoms with Gasteiger partial charge >= 0.3 is 0 Å². The maximum Gasteiger partial charge on any atom is 0.132 e. The highest BCUT2D eigenvalue weighted by Gasteiger charge is 2.20. The van der Waals surface area contributed by atoms with E-state index >= 15 is 0 Å². The SMILES string of the molecule is Cc1cc(N2CCCC(CNC(C)C)C2)ncn1. The minimum Gasteiger partial charge on any atom is -0.356 e. The number of rotatable bonds is 4. The lowest BCUT2D eigenvalue weighted by Gasteiger charge is -2.34. The molecule has 1 fully saturated rings. The summed E-state index contributed by atoms with van der Waals surface area (Å²) >= 11 is 0. The van der Waals surface area contributed by atoms with E-state index in [2.05, 4.69) is 40.1 Å². The van der Waals surface area contributed by atoms with Gasteiger partial charge in [-0.25, -0.2) is 9.97 Å². The quantitative estimate of drug-likeness (QED) is 0.885. The molecule has 0 saturated carbocycles. The molecular weight excluding hydrogens is 224 g/mol. The second-order valence-electron chi connectivity index (χ2n) is 5.53. The number of hydrogen-bond acceptors (Lipinski definition) is 4. The molecule has 1 saturated heterocycles. The van der Waals surface area contributed by atoms with Crippen LogP contribution in [-0.4, -0.2) is 35.6 Å². The molecule has 1 N–H and O–H groups in total. The van der Waals surface area contributed by atoms with Gasteiger partial charge in [0, 0.05) is 30.9 Å². The van der Waals surface area contributed by atoms with Crippen LogP contribution in [0.4, 0.5) is 5.82 Å². The number of anilines is 1. The lowest BCUT2D eigenvalue weighted by Crippen LogP contribution is -2.41. The second kappa shape index (κ2) is 6.14. The predicted octanol–water partition coefficient (Wildman–Crippen LogP) is 2.00. The molecule has 0 aliphatic carbocycles. The molecule has 0 amide bonds. The molecule has 100 valence electrons. The first kappa shape index (κ1) is 13.3. The number of hydrogen-bond donors (Lipinski definition) is 1. The zero-order valence-electron chi connectivity index (χ0n) is 11.7. The first-order chi connectivity index (χ1) is 8.65. The molecule has 1 aliphatic rings. The number of aryl methyl sites for hydroxylation is 1. The summed E-state index contributed by atoms with van der Waals surface area (Å²) in [7, 11) is 0. The standard InChI is InChI=1S/C14H24N4/c1-11(2)15-8-13-5-4-6-18(9-13)14-7-12(3)16-10-17-14/h7,10-11,13,15H,4-6,8-9H2,1-3H3. The van der Waals surface area contributed by atoms with Crippen LogP contribution < -0.4 is 10.2 Å². The lowest BCUT2D eigenvalue weighted by molar-refractivity contribution is 0.378. The third-order valence-corrected chi connectivity index (χ3v) is 3.45. The maximum atomic E-state index is 4.39. The Labute approximate surface area is 110 Å². The van der Waals surface area contributed by atoms with Crippen LogP contribution in [0.3, 0.4) is 0 Å². The van der Waals surface area contributed by atoms with Gasteiger partial charge in [0.05, 0.1) is 0 Å². The van der Waals surface area contributed by atoms with E-state index in [1.165, 1.54) is 12.8 Å². The molecule has 1 atom stereocenters. The molecule has 4 nitrogen and oxygen atoms in total. The van der Waals surface area contributed by atoms with Crippen molar-refractivity contribution >= 4 is 5.82 Å². The zero-order valence-corrected chi connectivity index (χ0v) is 11.7. The highest BCUT2D eigenvalue weighted by Crippen LogP contribution is 2.21. The van der Waals surface area contributed by atoms with Crippen molar-refractivity contribution in [2.75, 3.05) is 24.5 Å². The summed E-state index contributed by atoms with van der Waals surface area (Å²) in [5.41, 5.74) is 1.04. The Morgan fingerprint density at radius 2 is 2.28 bits per heavy atom. The monoisotopic (exact) mass is 248 g/mol. The van der Waals surface area contributed by atoms with Crippen LogP contribution in [0.1, 0.15) is 32.4 Å². The maximum absolute atomic E-state index is 4.39. The highest BCUT2D eigenvalue weighted by molar-refractivity contribution is 5.39. The topological polar surface area (TPSA) is 41.0 Å². The first-order valence-corrected chi connectivity index (χ1v) is 6.92. The fourth-order valence-corrected chi connectivity index (χ4v) is 2.46. The largest absolute Gasteiger partial charge is 0.356 e. The molecular formula is C14H24N4. The van der Waals surface area contributed by atoms with Crippen LogP contribution in [0.2, 0.25) is 0 Å². The first-order valence-electron chi connectivity index (χ1n) is 6.92. The Kier molecular flexibility index (Phi) is 4.53. The lowest BCUT2D eigenvalue weighted by atomic mass is 9.97. The Morgan fingerprint density at radius 3 is 3.00 bits per heavy atom. The molecule has 1 aliphatic heterocycles. The van der Waals surface area contributed by atoms with Crippen LogP contribution in [-0.2, 0) is 0 Å². The van der Waals surface area contributed by atoms with Gasteiger partial charge in [-0.15, -0.1) is 0 Å². The molecule has 0 bridgehead atoms. The molecule has 1 aromatic rings. The average molecular weight is 248 g/mol. The molecule has 18 heavy (non-hydrogen) atoms. The fourth-order valence-electron chi connectivity index (χ4n) is 2.46. The number of nitrogens with one attached hydrogen (secondary N) is 1. The Morgan fingerprint density at radius 1 is 1.44 bits per heavy atom. The van der Waals surface area contributed by atoms with Gasteiger partial charge < -0.3 is 10.2 Å². The molecule has 0 spiro atoms. The van der Waals surface area contributed by atoms with Gasteiger partial charge in [0.25, 0.3) is 0 Å². The van der Waals surface area contributed by atoms with E-state index in [-0.39, 0.29) is 0 Å². The summed E-state index contributed by atoms with van der Waals surface area (Å²) in [6.45, 7) is 9.76. The fraction of sp³-hybridized carbons (Fsp3) is 0.714. The van der Waals surface area contributed by atoms with Crippen LogP contribution >= 0.6 is 0 Å². The summed E-state index contributed by atoms with van der Waals surface area (Å²) in [6.07, 6.45) is 4.24.